The molecule has 7 nitrogen and oxygen atoms in total. The van der Waals surface area contributed by atoms with Gasteiger partial charge in [0.05, 0.1) is 41.7 Å². The highest BCUT2D eigenvalue weighted by molar-refractivity contribution is 7.15. The quantitative estimate of drug-likeness (QED) is 0.872. The van der Waals surface area contributed by atoms with E-state index >= 15 is 0 Å². The number of fused-ring (bicyclic) bond motifs is 1. The van der Waals surface area contributed by atoms with E-state index in [4.69, 9.17) is 4.74 Å². The number of nitrogens with one attached hydrogen (secondary N) is 2. The average molecular weight is 333 g/mol. The van der Waals surface area contributed by atoms with Crippen molar-refractivity contribution in [3.63, 3.8) is 0 Å². The van der Waals surface area contributed by atoms with E-state index in [0.717, 1.165) is 29.2 Å². The van der Waals surface area contributed by atoms with E-state index in [0.29, 0.717) is 24.9 Å². The molecule has 2 N–H and O–H groups in total. The van der Waals surface area contributed by atoms with Crippen LogP contribution in [0.15, 0.2) is 12.5 Å². The van der Waals surface area contributed by atoms with Crippen LogP contribution in [0.25, 0.3) is 0 Å². The molecule has 2 aliphatic heterocycles. The zero-order valence-corrected chi connectivity index (χ0v) is 13.7. The predicted molar refractivity (Wildman–Crippen MR) is 86.4 cm³/mol. The van der Waals surface area contributed by atoms with Crippen molar-refractivity contribution in [1.29, 1.82) is 0 Å². The molecule has 23 heavy (non-hydrogen) atoms. The summed E-state index contributed by atoms with van der Waals surface area (Å²) >= 11 is 1.52. The van der Waals surface area contributed by atoms with Crippen molar-refractivity contribution in [2.24, 2.45) is 13.0 Å². The standard InChI is InChI=1S/C15H19N5O2S/c1-20-6-12(17-8-20)9-4-16-5-10(9)14(21)19-15-18-11-2-3-22-7-13(11)23-15/h6,8-10,16H,2-5,7H2,1H3,(H,18,19,21)/t9-,10-/m1/s1. The number of ether oxygens (including phenoxy) is 1. The largest absolute Gasteiger partial charge is 0.375 e. The molecular weight excluding hydrogens is 314 g/mol. The molecule has 0 unspecified atom stereocenters. The fourth-order valence-electron chi connectivity index (χ4n) is 3.17. The second kappa shape index (κ2) is 6.03. The third-order valence-electron chi connectivity index (χ3n) is 4.38. The lowest BCUT2D eigenvalue weighted by Gasteiger charge is -2.15. The van der Waals surface area contributed by atoms with Crippen molar-refractivity contribution in [3.05, 3.63) is 28.8 Å². The van der Waals surface area contributed by atoms with Crippen LogP contribution in [0.1, 0.15) is 22.2 Å². The van der Waals surface area contributed by atoms with Gasteiger partial charge < -0.3 is 19.9 Å². The Hall–Kier alpha value is -1.77. The van der Waals surface area contributed by atoms with Gasteiger partial charge in [0.2, 0.25) is 5.91 Å². The number of imidazole rings is 1. The summed E-state index contributed by atoms with van der Waals surface area (Å²) in [7, 11) is 1.94. The lowest BCUT2D eigenvalue weighted by molar-refractivity contribution is -0.119. The van der Waals surface area contributed by atoms with Crippen LogP contribution in [-0.2, 0) is 29.6 Å². The summed E-state index contributed by atoms with van der Waals surface area (Å²) in [5.74, 6) is -0.00568. The van der Waals surface area contributed by atoms with Crippen molar-refractivity contribution >= 4 is 22.4 Å². The van der Waals surface area contributed by atoms with Crippen molar-refractivity contribution in [2.75, 3.05) is 25.0 Å². The minimum absolute atomic E-state index is 0.0117. The Labute approximate surface area is 138 Å². The zero-order chi connectivity index (χ0) is 15.8. The van der Waals surface area contributed by atoms with E-state index in [-0.39, 0.29) is 17.7 Å². The van der Waals surface area contributed by atoms with Gasteiger partial charge in [-0.1, -0.05) is 11.3 Å². The maximum atomic E-state index is 12.7. The molecule has 0 saturated carbocycles. The molecular formula is C15H19N5O2S. The van der Waals surface area contributed by atoms with Gasteiger partial charge in [0.15, 0.2) is 5.13 Å². The summed E-state index contributed by atoms with van der Waals surface area (Å²) in [4.78, 5) is 22.7. The maximum absolute atomic E-state index is 12.7. The molecule has 0 bridgehead atoms. The molecule has 2 aromatic rings. The van der Waals surface area contributed by atoms with Gasteiger partial charge in [0.25, 0.3) is 0 Å². The number of carbonyl (C=O) groups is 1. The minimum atomic E-state index is -0.123. The molecule has 2 aliphatic rings. The van der Waals surface area contributed by atoms with Crippen LogP contribution in [0, 0.1) is 5.92 Å². The molecule has 122 valence electrons. The smallest absolute Gasteiger partial charge is 0.231 e. The second-order valence-electron chi connectivity index (χ2n) is 6.02. The number of anilines is 1. The van der Waals surface area contributed by atoms with Gasteiger partial charge in [-0.3, -0.25) is 4.79 Å². The number of nitrogens with zero attached hydrogens (tertiary/aromatic N) is 3. The van der Waals surface area contributed by atoms with E-state index in [9.17, 15) is 4.79 Å². The van der Waals surface area contributed by atoms with E-state index < -0.39 is 0 Å². The maximum Gasteiger partial charge on any atom is 0.231 e. The van der Waals surface area contributed by atoms with Crippen LogP contribution < -0.4 is 10.6 Å². The summed E-state index contributed by atoms with van der Waals surface area (Å²) < 4.78 is 7.34. The lowest BCUT2D eigenvalue weighted by atomic mass is 9.92. The fraction of sp³-hybridized carbons (Fsp3) is 0.533. The number of thiazole rings is 1. The number of amides is 1. The topological polar surface area (TPSA) is 81.1 Å². The molecule has 8 heteroatoms. The Kier molecular flexibility index (Phi) is 3.88. The third kappa shape index (κ3) is 2.89. The Bertz CT molecular complexity index is 702. The van der Waals surface area contributed by atoms with Crippen LogP contribution in [0.5, 0.6) is 0 Å². The zero-order valence-electron chi connectivity index (χ0n) is 12.9. The molecule has 0 spiro atoms. The van der Waals surface area contributed by atoms with Crippen molar-refractivity contribution in [2.45, 2.75) is 18.9 Å². The molecule has 4 rings (SSSR count). The van der Waals surface area contributed by atoms with Gasteiger partial charge in [0.1, 0.15) is 0 Å². The molecule has 4 heterocycles. The highest BCUT2D eigenvalue weighted by Crippen LogP contribution is 2.30. The fourth-order valence-corrected chi connectivity index (χ4v) is 4.11. The van der Waals surface area contributed by atoms with Gasteiger partial charge in [0, 0.05) is 38.7 Å². The van der Waals surface area contributed by atoms with Crippen molar-refractivity contribution < 1.29 is 9.53 Å². The second-order valence-corrected chi connectivity index (χ2v) is 7.10. The molecule has 1 fully saturated rings. The highest BCUT2D eigenvalue weighted by atomic mass is 32.1. The number of aromatic nitrogens is 3. The van der Waals surface area contributed by atoms with Crippen LogP contribution in [0.3, 0.4) is 0 Å². The molecule has 1 amide bonds. The summed E-state index contributed by atoms with van der Waals surface area (Å²) in [5, 5.41) is 6.96. The Morgan fingerprint density at radius 3 is 3.22 bits per heavy atom. The predicted octanol–water partition coefficient (Wildman–Crippen LogP) is 0.891. The molecule has 0 radical (unpaired) electrons. The lowest BCUT2D eigenvalue weighted by Crippen LogP contribution is -2.28. The van der Waals surface area contributed by atoms with E-state index in [1.54, 1.807) is 6.33 Å². The van der Waals surface area contributed by atoms with Gasteiger partial charge in [-0.15, -0.1) is 0 Å². The van der Waals surface area contributed by atoms with Crippen molar-refractivity contribution in [3.8, 4) is 0 Å². The van der Waals surface area contributed by atoms with E-state index in [2.05, 4.69) is 20.6 Å². The first kappa shape index (κ1) is 14.8. The van der Waals surface area contributed by atoms with Gasteiger partial charge >= 0.3 is 0 Å². The molecule has 2 atom stereocenters. The highest BCUT2D eigenvalue weighted by Gasteiger charge is 2.35. The van der Waals surface area contributed by atoms with E-state index in [1.807, 2.05) is 17.8 Å². The molecule has 0 aromatic carbocycles. The Morgan fingerprint density at radius 1 is 1.52 bits per heavy atom. The summed E-state index contributed by atoms with van der Waals surface area (Å²) in [6.45, 7) is 2.75. The van der Waals surface area contributed by atoms with E-state index in [1.165, 1.54) is 11.3 Å². The normalized spacial score (nSPS) is 23.7. The summed E-state index contributed by atoms with van der Waals surface area (Å²) in [5.41, 5.74) is 2.02. The molecule has 2 aromatic heterocycles. The van der Waals surface area contributed by atoms with Gasteiger partial charge in [-0.2, -0.15) is 0 Å². The van der Waals surface area contributed by atoms with Gasteiger partial charge in [-0.05, 0) is 0 Å². The SMILES string of the molecule is Cn1cnc([C@@H]2CNC[C@H]2C(=O)Nc2nc3c(s2)COCC3)c1. The third-order valence-corrected chi connectivity index (χ3v) is 5.37. The number of carbonyl (C=O) groups excluding carboxylic acids is 1. The van der Waals surface area contributed by atoms with Crippen LogP contribution in [0.4, 0.5) is 5.13 Å². The Balaban J connectivity index is 1.48. The molecule has 1 saturated heterocycles. The first-order chi connectivity index (χ1) is 11.2. The average Bonchev–Trinajstić information content (AvgIpc) is 3.24. The first-order valence-corrected chi connectivity index (χ1v) is 8.58. The number of hydrogen-bond acceptors (Lipinski definition) is 6. The monoisotopic (exact) mass is 333 g/mol. The van der Waals surface area contributed by atoms with Gasteiger partial charge in [-0.25, -0.2) is 9.97 Å². The van der Waals surface area contributed by atoms with Crippen LogP contribution in [-0.4, -0.2) is 40.1 Å². The first-order valence-electron chi connectivity index (χ1n) is 7.76. The van der Waals surface area contributed by atoms with Crippen molar-refractivity contribution in [1.82, 2.24) is 19.9 Å². The molecule has 0 aliphatic carbocycles. The number of aryl methyl sites for hydroxylation is 1. The summed E-state index contributed by atoms with van der Waals surface area (Å²) in [6.07, 6.45) is 4.58. The number of hydrogen-bond donors (Lipinski definition) is 2. The van der Waals surface area contributed by atoms with Crippen LogP contribution in [0.2, 0.25) is 0 Å². The number of rotatable bonds is 3. The Morgan fingerprint density at radius 2 is 2.43 bits per heavy atom. The van der Waals surface area contributed by atoms with Crippen LogP contribution >= 0.6 is 11.3 Å². The minimum Gasteiger partial charge on any atom is -0.375 e. The summed E-state index contributed by atoms with van der Waals surface area (Å²) in [6, 6.07) is 0.